The van der Waals surface area contributed by atoms with E-state index >= 15 is 0 Å². The van der Waals surface area contributed by atoms with Gasteiger partial charge in [-0.1, -0.05) is 36.5 Å². The Bertz CT molecular complexity index is 578. The van der Waals surface area contributed by atoms with Gasteiger partial charge in [0.05, 0.1) is 6.04 Å². The number of hydrogen-bond acceptors (Lipinski definition) is 3. The Balaban J connectivity index is 0.00000288. The van der Waals surface area contributed by atoms with E-state index in [1.54, 1.807) is 23.1 Å². The number of carbonyl (C=O) groups excluding carboxylic acids is 2. The van der Waals surface area contributed by atoms with Crippen LogP contribution in [0.2, 0.25) is 10.0 Å². The van der Waals surface area contributed by atoms with Gasteiger partial charge in [-0.15, -0.1) is 12.4 Å². The summed E-state index contributed by atoms with van der Waals surface area (Å²) >= 11 is 11.9. The van der Waals surface area contributed by atoms with Crippen molar-refractivity contribution in [3.05, 3.63) is 28.2 Å². The Labute approximate surface area is 158 Å². The standard InChI is InChI=1S/C16H21Cl2N3O2.ClH/c1-2-4-13(19)16(23)21-6-3-5-14(21)15(22)20-12-8-10(17)7-11(18)9-12;/h7-9,13-14H,2-6,19H2,1H3,(H,20,22);1H. The van der Waals surface area contributed by atoms with E-state index in [1.165, 1.54) is 0 Å². The third kappa shape index (κ3) is 5.24. The van der Waals surface area contributed by atoms with Crippen LogP contribution in [-0.4, -0.2) is 35.3 Å². The number of carbonyl (C=O) groups is 2. The SMILES string of the molecule is CCCC(N)C(=O)N1CCCC1C(=O)Nc1cc(Cl)cc(Cl)c1.Cl. The maximum Gasteiger partial charge on any atom is 0.247 e. The molecule has 0 aliphatic carbocycles. The quantitative estimate of drug-likeness (QED) is 0.803. The molecular formula is C16H22Cl3N3O2. The second kappa shape index (κ2) is 9.47. The molecule has 1 aliphatic heterocycles. The zero-order valence-electron chi connectivity index (χ0n) is 13.4. The molecule has 134 valence electrons. The molecule has 0 aromatic heterocycles. The second-order valence-corrected chi connectivity index (χ2v) is 6.61. The molecule has 2 rings (SSSR count). The molecule has 0 bridgehead atoms. The third-order valence-electron chi connectivity index (χ3n) is 3.89. The predicted molar refractivity (Wildman–Crippen MR) is 100.0 cm³/mol. The molecule has 0 spiro atoms. The number of hydrogen-bond donors (Lipinski definition) is 2. The number of halogens is 3. The first-order valence-corrected chi connectivity index (χ1v) is 8.51. The van der Waals surface area contributed by atoms with Crippen LogP contribution in [0.5, 0.6) is 0 Å². The van der Waals surface area contributed by atoms with Gasteiger partial charge >= 0.3 is 0 Å². The molecule has 2 amide bonds. The third-order valence-corrected chi connectivity index (χ3v) is 4.32. The number of nitrogens with two attached hydrogens (primary N) is 1. The lowest BCUT2D eigenvalue weighted by Crippen LogP contribution is -2.49. The summed E-state index contributed by atoms with van der Waals surface area (Å²) in [7, 11) is 0. The first-order valence-electron chi connectivity index (χ1n) is 7.75. The zero-order valence-corrected chi connectivity index (χ0v) is 15.8. The van der Waals surface area contributed by atoms with Gasteiger partial charge in [-0.2, -0.15) is 0 Å². The van der Waals surface area contributed by atoms with E-state index in [1.807, 2.05) is 6.92 Å². The fourth-order valence-corrected chi connectivity index (χ4v) is 3.33. The summed E-state index contributed by atoms with van der Waals surface area (Å²) in [6.07, 6.45) is 2.87. The van der Waals surface area contributed by atoms with Gasteiger partial charge in [-0.05, 0) is 37.5 Å². The van der Waals surface area contributed by atoms with Crippen LogP contribution in [-0.2, 0) is 9.59 Å². The summed E-state index contributed by atoms with van der Waals surface area (Å²) in [5.41, 5.74) is 6.42. The van der Waals surface area contributed by atoms with Gasteiger partial charge in [-0.3, -0.25) is 9.59 Å². The van der Waals surface area contributed by atoms with Crippen molar-refractivity contribution in [3.63, 3.8) is 0 Å². The van der Waals surface area contributed by atoms with E-state index in [9.17, 15) is 9.59 Å². The number of rotatable bonds is 5. The Morgan fingerprint density at radius 1 is 1.33 bits per heavy atom. The lowest BCUT2D eigenvalue weighted by atomic mass is 10.1. The summed E-state index contributed by atoms with van der Waals surface area (Å²) in [6, 6.07) is 3.79. The van der Waals surface area contributed by atoms with Crippen LogP contribution in [0, 0.1) is 0 Å². The van der Waals surface area contributed by atoms with Gasteiger partial charge in [0.2, 0.25) is 11.8 Å². The summed E-state index contributed by atoms with van der Waals surface area (Å²) in [4.78, 5) is 26.5. The molecule has 24 heavy (non-hydrogen) atoms. The van der Waals surface area contributed by atoms with E-state index in [0.29, 0.717) is 35.1 Å². The van der Waals surface area contributed by atoms with E-state index in [0.717, 1.165) is 12.8 Å². The first kappa shape index (κ1) is 21.0. The van der Waals surface area contributed by atoms with Crippen LogP contribution in [0.3, 0.4) is 0 Å². The van der Waals surface area contributed by atoms with Gasteiger partial charge in [0.15, 0.2) is 0 Å². The van der Waals surface area contributed by atoms with Crippen molar-refractivity contribution in [2.24, 2.45) is 5.73 Å². The van der Waals surface area contributed by atoms with Crippen molar-refractivity contribution in [1.82, 2.24) is 4.90 Å². The van der Waals surface area contributed by atoms with Crippen molar-refractivity contribution < 1.29 is 9.59 Å². The largest absolute Gasteiger partial charge is 0.329 e. The van der Waals surface area contributed by atoms with Crippen LogP contribution >= 0.6 is 35.6 Å². The Kier molecular flexibility index (Phi) is 8.30. The van der Waals surface area contributed by atoms with E-state index in [2.05, 4.69) is 5.32 Å². The number of benzene rings is 1. The number of nitrogens with one attached hydrogen (secondary N) is 1. The highest BCUT2D eigenvalue weighted by atomic mass is 35.5. The van der Waals surface area contributed by atoms with Crippen LogP contribution in [0.4, 0.5) is 5.69 Å². The summed E-state index contributed by atoms with van der Waals surface area (Å²) in [6.45, 7) is 2.54. The molecule has 1 fully saturated rings. The fourth-order valence-electron chi connectivity index (χ4n) is 2.80. The Morgan fingerprint density at radius 3 is 2.54 bits per heavy atom. The highest BCUT2D eigenvalue weighted by Gasteiger charge is 2.35. The minimum atomic E-state index is -0.547. The minimum Gasteiger partial charge on any atom is -0.329 e. The summed E-state index contributed by atoms with van der Waals surface area (Å²) in [5.74, 6) is -0.397. The van der Waals surface area contributed by atoms with Gasteiger partial charge < -0.3 is 16.0 Å². The number of anilines is 1. The lowest BCUT2D eigenvalue weighted by Gasteiger charge is -2.26. The van der Waals surface area contributed by atoms with Crippen LogP contribution in [0.15, 0.2) is 18.2 Å². The molecule has 1 aromatic rings. The highest BCUT2D eigenvalue weighted by molar-refractivity contribution is 6.35. The molecule has 0 saturated carbocycles. The van der Waals surface area contributed by atoms with E-state index < -0.39 is 12.1 Å². The molecule has 1 saturated heterocycles. The van der Waals surface area contributed by atoms with E-state index in [-0.39, 0.29) is 24.2 Å². The average molecular weight is 395 g/mol. The smallest absolute Gasteiger partial charge is 0.247 e. The van der Waals surface area contributed by atoms with Crippen molar-refractivity contribution in [2.45, 2.75) is 44.7 Å². The van der Waals surface area contributed by atoms with Crippen LogP contribution < -0.4 is 11.1 Å². The van der Waals surface area contributed by atoms with E-state index in [4.69, 9.17) is 28.9 Å². The predicted octanol–water partition coefficient (Wildman–Crippen LogP) is 3.47. The van der Waals surface area contributed by atoms with Crippen molar-refractivity contribution >= 4 is 53.1 Å². The minimum absolute atomic E-state index is 0. The molecule has 1 heterocycles. The topological polar surface area (TPSA) is 75.4 Å². The average Bonchev–Trinajstić information content (AvgIpc) is 2.95. The molecular weight excluding hydrogens is 373 g/mol. The maximum absolute atomic E-state index is 12.5. The van der Waals surface area contributed by atoms with Crippen molar-refractivity contribution in [2.75, 3.05) is 11.9 Å². The lowest BCUT2D eigenvalue weighted by molar-refractivity contribution is -0.137. The summed E-state index contributed by atoms with van der Waals surface area (Å²) in [5, 5.41) is 3.66. The highest BCUT2D eigenvalue weighted by Crippen LogP contribution is 2.25. The van der Waals surface area contributed by atoms with Gasteiger partial charge in [0.25, 0.3) is 0 Å². The molecule has 2 atom stereocenters. The maximum atomic E-state index is 12.5. The van der Waals surface area contributed by atoms with Crippen LogP contribution in [0.25, 0.3) is 0 Å². The number of likely N-dealkylation sites (tertiary alicyclic amines) is 1. The first-order chi connectivity index (χ1) is 10.9. The van der Waals surface area contributed by atoms with Gasteiger partial charge in [0.1, 0.15) is 6.04 Å². The molecule has 5 nitrogen and oxygen atoms in total. The molecule has 3 N–H and O–H groups in total. The fraction of sp³-hybridized carbons (Fsp3) is 0.500. The Hall–Kier alpha value is -1.01. The molecule has 2 unspecified atom stereocenters. The number of amides is 2. The normalized spacial score (nSPS) is 18.0. The second-order valence-electron chi connectivity index (χ2n) is 5.73. The number of nitrogens with zero attached hydrogens (tertiary/aromatic N) is 1. The molecule has 0 radical (unpaired) electrons. The monoisotopic (exact) mass is 393 g/mol. The Morgan fingerprint density at radius 2 is 1.96 bits per heavy atom. The van der Waals surface area contributed by atoms with Crippen LogP contribution in [0.1, 0.15) is 32.6 Å². The van der Waals surface area contributed by atoms with Crippen molar-refractivity contribution in [1.29, 1.82) is 0 Å². The van der Waals surface area contributed by atoms with Gasteiger partial charge in [0, 0.05) is 22.3 Å². The zero-order chi connectivity index (χ0) is 17.0. The molecule has 1 aromatic carbocycles. The molecule has 1 aliphatic rings. The van der Waals surface area contributed by atoms with Gasteiger partial charge in [-0.25, -0.2) is 0 Å². The molecule has 8 heteroatoms. The van der Waals surface area contributed by atoms with Crippen molar-refractivity contribution in [3.8, 4) is 0 Å². The summed E-state index contributed by atoms with van der Waals surface area (Å²) < 4.78 is 0.